The molecule has 8 nitrogen and oxygen atoms in total. The fourth-order valence-corrected chi connectivity index (χ4v) is 3.22. The topological polar surface area (TPSA) is 95.1 Å². The molecule has 0 saturated carbocycles. The normalized spacial score (nSPS) is 11.3. The molecule has 3 heterocycles. The Morgan fingerprint density at radius 3 is 2.84 bits per heavy atom. The van der Waals surface area contributed by atoms with E-state index < -0.39 is 6.61 Å². The molecule has 1 N–H and O–H groups in total. The maximum Gasteiger partial charge on any atom is 0.387 e. The number of fused-ring (bicyclic) bond motifs is 1. The van der Waals surface area contributed by atoms with E-state index in [-0.39, 0.29) is 17.4 Å². The smallest absolute Gasteiger partial charge is 0.387 e. The Labute approximate surface area is 175 Å². The molecule has 3 aromatic heterocycles. The van der Waals surface area contributed by atoms with Gasteiger partial charge in [0.2, 0.25) is 0 Å². The van der Waals surface area contributed by atoms with Gasteiger partial charge in [-0.05, 0) is 38.1 Å². The summed E-state index contributed by atoms with van der Waals surface area (Å²) < 4.78 is 36.6. The number of rotatable bonds is 7. The number of carbonyl (C=O) groups is 1. The van der Waals surface area contributed by atoms with Crippen molar-refractivity contribution in [3.8, 4) is 17.0 Å². The first kappa shape index (κ1) is 20.5. The van der Waals surface area contributed by atoms with Crippen molar-refractivity contribution in [2.45, 2.75) is 27.0 Å². The molecule has 1 aromatic carbocycles. The fraction of sp³-hybridized carbons (Fsp3) is 0.238. The van der Waals surface area contributed by atoms with Crippen LogP contribution in [0.5, 0.6) is 5.75 Å². The van der Waals surface area contributed by atoms with Gasteiger partial charge in [-0.3, -0.25) is 9.48 Å². The summed E-state index contributed by atoms with van der Waals surface area (Å²) in [6, 6.07) is 9.55. The maximum absolute atomic E-state index is 12.9. The maximum atomic E-state index is 12.9. The standard InChI is InChI=1S/C21H19F2N5O3/c1-12-6-8-28(26-12)9-7-24-19(29)16-11-17(25-20-18(16)13(2)27-31-20)14-4-3-5-15(10-14)30-21(22)23/h3-6,8,10-11,21H,7,9H2,1-2H3,(H,24,29). The van der Waals surface area contributed by atoms with Gasteiger partial charge in [-0.1, -0.05) is 17.3 Å². The summed E-state index contributed by atoms with van der Waals surface area (Å²) >= 11 is 0. The molecular weight excluding hydrogens is 408 g/mol. The second-order valence-corrected chi connectivity index (χ2v) is 6.89. The molecule has 0 fully saturated rings. The minimum Gasteiger partial charge on any atom is -0.435 e. The Morgan fingerprint density at radius 1 is 1.26 bits per heavy atom. The van der Waals surface area contributed by atoms with Crippen molar-refractivity contribution in [3.63, 3.8) is 0 Å². The largest absolute Gasteiger partial charge is 0.435 e. The van der Waals surface area contributed by atoms with Crippen LogP contribution >= 0.6 is 0 Å². The number of ether oxygens (including phenoxy) is 1. The molecule has 0 unspecified atom stereocenters. The number of aromatic nitrogens is 4. The molecule has 4 aromatic rings. The van der Waals surface area contributed by atoms with E-state index in [1.165, 1.54) is 12.1 Å². The molecule has 0 bridgehead atoms. The van der Waals surface area contributed by atoms with Crippen molar-refractivity contribution in [2.24, 2.45) is 0 Å². The fourth-order valence-electron chi connectivity index (χ4n) is 3.22. The molecule has 160 valence electrons. The second kappa shape index (κ2) is 8.50. The van der Waals surface area contributed by atoms with Gasteiger partial charge in [-0.15, -0.1) is 0 Å². The molecule has 0 spiro atoms. The van der Waals surface area contributed by atoms with Crippen molar-refractivity contribution in [3.05, 3.63) is 59.5 Å². The Balaban J connectivity index is 1.63. The second-order valence-electron chi connectivity index (χ2n) is 6.89. The zero-order chi connectivity index (χ0) is 22.0. The van der Waals surface area contributed by atoms with Gasteiger partial charge in [-0.25, -0.2) is 4.98 Å². The number of carbonyl (C=O) groups excluding carboxylic acids is 1. The zero-order valence-electron chi connectivity index (χ0n) is 16.8. The van der Waals surface area contributed by atoms with Gasteiger partial charge < -0.3 is 14.6 Å². The van der Waals surface area contributed by atoms with Gasteiger partial charge in [0, 0.05) is 18.3 Å². The lowest BCUT2D eigenvalue weighted by Crippen LogP contribution is -2.27. The van der Waals surface area contributed by atoms with Crippen LogP contribution < -0.4 is 10.1 Å². The van der Waals surface area contributed by atoms with Gasteiger partial charge >= 0.3 is 6.61 Å². The molecule has 0 aliphatic rings. The third-order valence-corrected chi connectivity index (χ3v) is 4.62. The lowest BCUT2D eigenvalue weighted by atomic mass is 10.0. The molecule has 0 aliphatic heterocycles. The van der Waals surface area contributed by atoms with E-state index in [4.69, 9.17) is 4.52 Å². The lowest BCUT2D eigenvalue weighted by Gasteiger charge is -2.10. The summed E-state index contributed by atoms with van der Waals surface area (Å²) in [6.07, 6.45) is 1.84. The SMILES string of the molecule is Cc1ccn(CCNC(=O)c2cc(-c3cccc(OC(F)F)c3)nc3onc(C)c23)n1. The third-order valence-electron chi connectivity index (χ3n) is 4.62. The molecule has 4 rings (SSSR count). The number of halogens is 2. The van der Waals surface area contributed by atoms with Crippen LogP contribution in [-0.2, 0) is 6.54 Å². The van der Waals surface area contributed by atoms with E-state index in [0.29, 0.717) is 41.0 Å². The predicted molar refractivity (Wildman–Crippen MR) is 108 cm³/mol. The molecular formula is C21H19F2N5O3. The summed E-state index contributed by atoms with van der Waals surface area (Å²) in [5.74, 6) is -0.340. The number of benzene rings is 1. The summed E-state index contributed by atoms with van der Waals surface area (Å²) in [5, 5.41) is 11.5. The van der Waals surface area contributed by atoms with Crippen LogP contribution in [0, 0.1) is 13.8 Å². The van der Waals surface area contributed by atoms with Crippen LogP contribution in [0.3, 0.4) is 0 Å². The van der Waals surface area contributed by atoms with Crippen LogP contribution in [0.25, 0.3) is 22.4 Å². The van der Waals surface area contributed by atoms with Gasteiger partial charge in [0.05, 0.1) is 34.6 Å². The number of amides is 1. The van der Waals surface area contributed by atoms with Gasteiger partial charge in [-0.2, -0.15) is 13.9 Å². The van der Waals surface area contributed by atoms with Crippen LogP contribution in [0.1, 0.15) is 21.7 Å². The van der Waals surface area contributed by atoms with E-state index in [9.17, 15) is 13.6 Å². The number of aryl methyl sites for hydroxylation is 2. The Kier molecular flexibility index (Phi) is 5.61. The van der Waals surface area contributed by atoms with Crippen LogP contribution in [0.4, 0.5) is 8.78 Å². The Morgan fingerprint density at radius 2 is 2.10 bits per heavy atom. The van der Waals surface area contributed by atoms with E-state index >= 15 is 0 Å². The van der Waals surface area contributed by atoms with Crippen molar-refractivity contribution < 1.29 is 22.8 Å². The molecule has 0 atom stereocenters. The number of nitrogens with one attached hydrogen (secondary N) is 1. The Hall–Kier alpha value is -3.82. The summed E-state index contributed by atoms with van der Waals surface area (Å²) in [4.78, 5) is 17.3. The van der Waals surface area contributed by atoms with Crippen LogP contribution in [-0.4, -0.2) is 39.0 Å². The number of hydrogen-bond donors (Lipinski definition) is 1. The molecule has 0 radical (unpaired) electrons. The molecule has 0 saturated heterocycles. The quantitative estimate of drug-likeness (QED) is 0.483. The molecule has 10 heteroatoms. The number of nitrogens with zero attached hydrogens (tertiary/aromatic N) is 4. The van der Waals surface area contributed by atoms with E-state index in [2.05, 4.69) is 25.3 Å². The van der Waals surface area contributed by atoms with Crippen molar-refractivity contribution in [2.75, 3.05) is 6.54 Å². The summed E-state index contributed by atoms with van der Waals surface area (Å²) in [5.41, 5.74) is 2.80. The molecule has 1 amide bonds. The predicted octanol–water partition coefficient (Wildman–Crippen LogP) is 3.73. The zero-order valence-corrected chi connectivity index (χ0v) is 16.8. The summed E-state index contributed by atoms with van der Waals surface area (Å²) in [7, 11) is 0. The van der Waals surface area contributed by atoms with Crippen molar-refractivity contribution in [1.82, 2.24) is 25.2 Å². The first-order valence-electron chi connectivity index (χ1n) is 9.51. The lowest BCUT2D eigenvalue weighted by molar-refractivity contribution is -0.0498. The highest BCUT2D eigenvalue weighted by Gasteiger charge is 2.19. The van der Waals surface area contributed by atoms with Crippen LogP contribution in [0.15, 0.2) is 47.1 Å². The van der Waals surface area contributed by atoms with Crippen molar-refractivity contribution in [1.29, 1.82) is 0 Å². The highest BCUT2D eigenvalue weighted by Crippen LogP contribution is 2.29. The minimum absolute atomic E-state index is 0.0105. The Bertz CT molecular complexity index is 1230. The third kappa shape index (κ3) is 4.52. The van der Waals surface area contributed by atoms with Crippen LogP contribution in [0.2, 0.25) is 0 Å². The number of hydrogen-bond acceptors (Lipinski definition) is 6. The van der Waals surface area contributed by atoms with E-state index in [1.54, 1.807) is 29.8 Å². The van der Waals surface area contributed by atoms with E-state index in [0.717, 1.165) is 5.69 Å². The van der Waals surface area contributed by atoms with Crippen molar-refractivity contribution >= 4 is 17.0 Å². The first-order valence-corrected chi connectivity index (χ1v) is 9.51. The van der Waals surface area contributed by atoms with E-state index in [1.807, 2.05) is 19.2 Å². The van der Waals surface area contributed by atoms with Gasteiger partial charge in [0.1, 0.15) is 5.75 Å². The number of pyridine rings is 1. The average molecular weight is 427 g/mol. The highest BCUT2D eigenvalue weighted by atomic mass is 19.3. The highest BCUT2D eigenvalue weighted by molar-refractivity contribution is 6.07. The molecule has 31 heavy (non-hydrogen) atoms. The van der Waals surface area contributed by atoms with Gasteiger partial charge in [0.25, 0.3) is 11.6 Å². The summed E-state index contributed by atoms with van der Waals surface area (Å²) in [6.45, 7) is 1.54. The first-order chi connectivity index (χ1) is 14.9. The molecule has 0 aliphatic carbocycles. The number of alkyl halides is 2. The minimum atomic E-state index is -2.94. The monoisotopic (exact) mass is 427 g/mol. The van der Waals surface area contributed by atoms with Gasteiger partial charge in [0.15, 0.2) is 0 Å². The average Bonchev–Trinajstić information content (AvgIpc) is 3.32.